The number of rotatable bonds is 4. The molecule has 1 aliphatic carbocycles. The molecular formula is C30H31N3O2S. The van der Waals surface area contributed by atoms with Crippen LogP contribution in [-0.2, 0) is 25.9 Å². The van der Waals surface area contributed by atoms with Gasteiger partial charge in [-0.2, -0.15) is 0 Å². The number of hydrogen-bond acceptors (Lipinski definition) is 3. The Bertz CT molecular complexity index is 1380. The van der Waals surface area contributed by atoms with E-state index < -0.39 is 0 Å². The number of amides is 2. The normalized spacial score (nSPS) is 16.5. The predicted octanol–water partition coefficient (Wildman–Crippen LogP) is 6.55. The number of aryl methyl sites for hydroxylation is 2. The number of urea groups is 1. The van der Waals surface area contributed by atoms with Crippen LogP contribution in [0.5, 0.6) is 5.75 Å². The van der Waals surface area contributed by atoms with E-state index in [9.17, 15) is 4.79 Å². The zero-order valence-corrected chi connectivity index (χ0v) is 21.6. The average molecular weight is 498 g/mol. The van der Waals surface area contributed by atoms with Crippen LogP contribution in [0.3, 0.4) is 0 Å². The molecule has 1 atom stereocenters. The number of benzene rings is 2. The SMILES string of the molecule is COc1ccc(C2c3cccn3-c3sc4c(c3CN2C(=O)NCc2ccc(C)cc2)CCCC4)cc1. The van der Waals surface area contributed by atoms with Gasteiger partial charge in [-0.3, -0.25) is 0 Å². The third-order valence-electron chi connectivity index (χ3n) is 7.44. The summed E-state index contributed by atoms with van der Waals surface area (Å²) in [6.07, 6.45) is 6.87. The number of methoxy groups -OCH3 is 1. The van der Waals surface area contributed by atoms with E-state index >= 15 is 0 Å². The second-order valence-electron chi connectivity index (χ2n) is 9.75. The first-order chi connectivity index (χ1) is 17.6. The van der Waals surface area contributed by atoms with Gasteiger partial charge < -0.3 is 19.5 Å². The lowest BCUT2D eigenvalue weighted by Crippen LogP contribution is -2.41. The lowest BCUT2D eigenvalue weighted by molar-refractivity contribution is 0.180. The fraction of sp³-hybridized carbons (Fsp3) is 0.300. The molecule has 4 aromatic rings. The first-order valence-corrected chi connectivity index (χ1v) is 13.5. The summed E-state index contributed by atoms with van der Waals surface area (Å²) in [5, 5.41) is 4.49. The third-order valence-corrected chi connectivity index (χ3v) is 8.77. The molecule has 184 valence electrons. The molecule has 5 nitrogen and oxygen atoms in total. The highest BCUT2D eigenvalue weighted by Crippen LogP contribution is 2.44. The molecule has 0 saturated carbocycles. The van der Waals surface area contributed by atoms with Crippen molar-refractivity contribution in [1.82, 2.24) is 14.8 Å². The Balaban J connectivity index is 1.42. The minimum Gasteiger partial charge on any atom is -0.497 e. The van der Waals surface area contributed by atoms with Gasteiger partial charge >= 0.3 is 6.03 Å². The fourth-order valence-corrected chi connectivity index (χ4v) is 6.91. The summed E-state index contributed by atoms with van der Waals surface area (Å²) in [6.45, 7) is 3.17. The number of nitrogens with one attached hydrogen (secondary N) is 1. The number of nitrogens with zero attached hydrogens (tertiary/aromatic N) is 2. The van der Waals surface area contributed by atoms with Crippen molar-refractivity contribution >= 4 is 17.4 Å². The average Bonchev–Trinajstić information content (AvgIpc) is 3.50. The van der Waals surface area contributed by atoms with E-state index in [1.54, 1.807) is 7.11 Å². The molecule has 3 heterocycles. The van der Waals surface area contributed by atoms with Gasteiger partial charge in [-0.15, -0.1) is 11.3 Å². The van der Waals surface area contributed by atoms with E-state index in [1.165, 1.54) is 39.4 Å². The molecule has 2 amide bonds. The van der Waals surface area contributed by atoms with Gasteiger partial charge in [0.15, 0.2) is 0 Å². The predicted molar refractivity (Wildman–Crippen MR) is 144 cm³/mol. The molecule has 0 radical (unpaired) electrons. The van der Waals surface area contributed by atoms with Crippen LogP contribution in [0, 0.1) is 6.92 Å². The summed E-state index contributed by atoms with van der Waals surface area (Å²) < 4.78 is 7.73. The van der Waals surface area contributed by atoms with Crippen LogP contribution in [0.15, 0.2) is 66.9 Å². The van der Waals surface area contributed by atoms with Gasteiger partial charge in [0.1, 0.15) is 10.8 Å². The summed E-state index contributed by atoms with van der Waals surface area (Å²) in [5.74, 6) is 0.811. The molecule has 6 heteroatoms. The Morgan fingerprint density at radius 1 is 1.03 bits per heavy atom. The smallest absolute Gasteiger partial charge is 0.318 e. The molecule has 0 bridgehead atoms. The number of ether oxygens (including phenoxy) is 1. The molecular weight excluding hydrogens is 466 g/mol. The first-order valence-electron chi connectivity index (χ1n) is 12.7. The molecule has 1 N–H and O–H groups in total. The van der Waals surface area contributed by atoms with Crippen molar-refractivity contribution in [3.8, 4) is 10.8 Å². The largest absolute Gasteiger partial charge is 0.497 e. The molecule has 1 unspecified atom stereocenters. The van der Waals surface area contributed by atoms with E-state index in [0.717, 1.165) is 35.4 Å². The number of aromatic nitrogens is 1. The van der Waals surface area contributed by atoms with Gasteiger partial charge in [0.2, 0.25) is 0 Å². The van der Waals surface area contributed by atoms with E-state index in [2.05, 4.69) is 71.5 Å². The summed E-state index contributed by atoms with van der Waals surface area (Å²) in [4.78, 5) is 17.4. The number of carbonyl (C=O) groups is 1. The van der Waals surface area contributed by atoms with Gasteiger partial charge in [0.25, 0.3) is 0 Å². The van der Waals surface area contributed by atoms with Crippen molar-refractivity contribution in [3.63, 3.8) is 0 Å². The highest BCUT2D eigenvalue weighted by atomic mass is 32.1. The Morgan fingerprint density at radius 2 is 1.81 bits per heavy atom. The van der Waals surface area contributed by atoms with Gasteiger partial charge in [-0.25, -0.2) is 4.79 Å². The molecule has 2 aliphatic rings. The Morgan fingerprint density at radius 3 is 2.58 bits per heavy atom. The monoisotopic (exact) mass is 497 g/mol. The van der Waals surface area contributed by atoms with Crippen LogP contribution in [0.25, 0.3) is 5.00 Å². The third kappa shape index (κ3) is 4.09. The lowest BCUT2D eigenvalue weighted by atomic mass is 9.95. The van der Waals surface area contributed by atoms with E-state index in [-0.39, 0.29) is 12.1 Å². The van der Waals surface area contributed by atoms with Crippen molar-refractivity contribution in [1.29, 1.82) is 0 Å². The molecule has 2 aromatic carbocycles. The zero-order chi connectivity index (χ0) is 24.6. The topological polar surface area (TPSA) is 46.5 Å². The van der Waals surface area contributed by atoms with Gasteiger partial charge in [0, 0.05) is 23.2 Å². The lowest BCUT2D eigenvalue weighted by Gasteiger charge is -2.31. The quantitative estimate of drug-likeness (QED) is 0.348. The highest BCUT2D eigenvalue weighted by molar-refractivity contribution is 7.15. The van der Waals surface area contributed by atoms with Crippen molar-refractivity contribution in [2.45, 2.75) is 51.7 Å². The summed E-state index contributed by atoms with van der Waals surface area (Å²) in [5.41, 5.74) is 7.28. The van der Waals surface area contributed by atoms with Crippen LogP contribution in [0.1, 0.15) is 57.3 Å². The highest BCUT2D eigenvalue weighted by Gasteiger charge is 2.36. The number of hydrogen-bond donors (Lipinski definition) is 1. The summed E-state index contributed by atoms with van der Waals surface area (Å²) >= 11 is 1.91. The summed E-state index contributed by atoms with van der Waals surface area (Å²) in [7, 11) is 1.68. The Labute approximate surface area is 216 Å². The van der Waals surface area contributed by atoms with Crippen LogP contribution < -0.4 is 10.1 Å². The van der Waals surface area contributed by atoms with Gasteiger partial charge in [-0.05, 0) is 73.6 Å². The Hall–Kier alpha value is -3.51. The van der Waals surface area contributed by atoms with Crippen molar-refractivity contribution in [3.05, 3.63) is 105 Å². The second kappa shape index (κ2) is 9.51. The van der Waals surface area contributed by atoms with E-state index in [4.69, 9.17) is 4.74 Å². The maximum atomic E-state index is 13.9. The van der Waals surface area contributed by atoms with Gasteiger partial charge in [0.05, 0.1) is 25.4 Å². The van der Waals surface area contributed by atoms with E-state index in [0.29, 0.717) is 13.1 Å². The van der Waals surface area contributed by atoms with Crippen LogP contribution in [0.2, 0.25) is 0 Å². The molecule has 0 spiro atoms. The standard InChI is InChI=1S/C30H31N3O2S/c1-20-9-11-21(12-10-20)18-31-30(34)33-19-25-24-6-3-4-8-27(24)36-29(25)32-17-5-7-26(32)28(33)22-13-15-23(35-2)16-14-22/h5,7,9-17,28H,3-4,6,8,18-19H2,1-2H3,(H,31,34). The van der Waals surface area contributed by atoms with E-state index in [1.807, 2.05) is 28.4 Å². The summed E-state index contributed by atoms with van der Waals surface area (Å²) in [6, 6.07) is 20.5. The molecule has 0 saturated heterocycles. The fourth-order valence-electron chi connectivity index (χ4n) is 5.51. The number of carbonyl (C=O) groups excluding carboxylic acids is 1. The first kappa shape index (κ1) is 22.9. The van der Waals surface area contributed by atoms with Crippen LogP contribution >= 0.6 is 11.3 Å². The molecule has 1 aliphatic heterocycles. The maximum Gasteiger partial charge on any atom is 0.318 e. The maximum absolute atomic E-state index is 13.9. The molecule has 36 heavy (non-hydrogen) atoms. The number of fused-ring (bicyclic) bond motifs is 5. The van der Waals surface area contributed by atoms with Crippen LogP contribution in [-0.4, -0.2) is 22.6 Å². The van der Waals surface area contributed by atoms with Crippen molar-refractivity contribution < 1.29 is 9.53 Å². The second-order valence-corrected chi connectivity index (χ2v) is 10.8. The van der Waals surface area contributed by atoms with Gasteiger partial charge in [-0.1, -0.05) is 42.0 Å². The minimum absolute atomic E-state index is 0.0484. The minimum atomic E-state index is -0.206. The Kier molecular flexibility index (Phi) is 6.05. The van der Waals surface area contributed by atoms with Crippen molar-refractivity contribution in [2.75, 3.05) is 7.11 Å². The molecule has 0 fully saturated rings. The van der Waals surface area contributed by atoms with Crippen molar-refractivity contribution in [2.24, 2.45) is 0 Å². The zero-order valence-electron chi connectivity index (χ0n) is 20.8. The molecule has 2 aromatic heterocycles. The van der Waals surface area contributed by atoms with Crippen LogP contribution in [0.4, 0.5) is 4.79 Å². The number of thiophene rings is 1. The molecule has 6 rings (SSSR count).